The predicted molar refractivity (Wildman–Crippen MR) is 312 cm³/mol. The molecule has 1 aliphatic heterocycles. The first-order valence-electron chi connectivity index (χ1n) is 27.6. The molecular weight excluding hydrogens is 1170 g/mol. The molecule has 11 N–H and O–H groups in total. The van der Waals surface area contributed by atoms with Gasteiger partial charge in [-0.1, -0.05) is 30.7 Å². The van der Waals surface area contributed by atoms with Crippen LogP contribution in [0.4, 0.5) is 0 Å². The van der Waals surface area contributed by atoms with E-state index < -0.39 is 116 Å². The number of amides is 4. The Balaban J connectivity index is 1.29. The molecule has 3 heterocycles. The number of aryl methyl sites for hydroxylation is 4. The molecule has 1 fully saturated rings. The summed E-state index contributed by atoms with van der Waals surface area (Å²) in [4.78, 5) is 130. The van der Waals surface area contributed by atoms with Crippen molar-refractivity contribution in [2.24, 2.45) is 0 Å². The van der Waals surface area contributed by atoms with Gasteiger partial charge in [0.05, 0.1) is 49.2 Å². The van der Waals surface area contributed by atoms with E-state index in [0.717, 1.165) is 18.1 Å². The van der Waals surface area contributed by atoms with E-state index >= 15 is 0 Å². The summed E-state index contributed by atoms with van der Waals surface area (Å²) in [6, 6.07) is 3.62. The minimum absolute atomic E-state index is 0.00258. The highest BCUT2D eigenvalue weighted by Crippen LogP contribution is 2.22. The maximum Gasteiger partial charge on any atom is 0.317 e. The monoisotopic (exact) mass is 1240 g/mol. The highest BCUT2D eigenvalue weighted by molar-refractivity contribution is 7.89. The second-order valence-electron chi connectivity index (χ2n) is 21.0. The number of nitrogens with zero attached hydrogens (tertiary/aromatic N) is 6. The van der Waals surface area contributed by atoms with E-state index in [1.54, 1.807) is 74.7 Å². The van der Waals surface area contributed by atoms with Crippen molar-refractivity contribution in [3.8, 4) is 0 Å². The number of aromatic amines is 1. The normalized spacial score (nSPS) is 15.6. The fourth-order valence-electron chi connectivity index (χ4n) is 9.84. The zero-order valence-electron chi connectivity index (χ0n) is 48.6. The molecule has 1 aliphatic rings. The number of benzene rings is 2. The molecule has 0 bridgehead atoms. The van der Waals surface area contributed by atoms with E-state index in [0.29, 0.717) is 35.6 Å². The van der Waals surface area contributed by atoms with Gasteiger partial charge < -0.3 is 51.5 Å². The summed E-state index contributed by atoms with van der Waals surface area (Å²) in [7, 11) is -9.21. The number of hydrogen-bond donors (Lipinski definition) is 11. The molecule has 2 aromatic heterocycles. The number of fused-ring (bicyclic) bond motifs is 1. The van der Waals surface area contributed by atoms with Gasteiger partial charge in [-0.3, -0.25) is 67.3 Å². The summed E-state index contributed by atoms with van der Waals surface area (Å²) in [6.07, 6.45) is 4.53. The number of aromatic nitrogens is 3. The van der Waals surface area contributed by atoms with Crippen LogP contribution in [0.15, 0.2) is 58.6 Å². The molecule has 2 aromatic carbocycles. The van der Waals surface area contributed by atoms with Gasteiger partial charge in [0.15, 0.2) is 0 Å². The molecule has 3 atom stereocenters. The van der Waals surface area contributed by atoms with Crippen molar-refractivity contribution >= 4 is 78.4 Å². The third-order valence-electron chi connectivity index (χ3n) is 14.0. The van der Waals surface area contributed by atoms with Gasteiger partial charge in [0.25, 0.3) is 16.0 Å². The average molecular weight is 1240 g/mol. The zero-order chi connectivity index (χ0) is 63.5. The molecule has 0 aliphatic carbocycles. The number of carbonyl (C=O) groups is 8. The number of pyridine rings is 1. The largest absolute Gasteiger partial charge is 0.480 e. The van der Waals surface area contributed by atoms with Gasteiger partial charge in [-0.25, -0.2) is 13.4 Å². The van der Waals surface area contributed by atoms with Crippen LogP contribution in [0, 0.1) is 20.8 Å². The Morgan fingerprint density at radius 1 is 0.709 bits per heavy atom. The molecule has 1 saturated heterocycles. The summed E-state index contributed by atoms with van der Waals surface area (Å²) in [5.74, 6) is -8.31. The van der Waals surface area contributed by atoms with Crippen LogP contribution in [-0.2, 0) is 73.3 Å². The Hall–Kier alpha value is -7.56. The van der Waals surface area contributed by atoms with Crippen LogP contribution in [0.1, 0.15) is 65.1 Å². The SMILES string of the molecule is CC[C@H](NC(=O)CN1CCN(CC(=O)O)CCN(CC(=O)O)CCN(CC(=O)O)CC1)C(=O)N[C@@H](CS(=O)(=O)O)C(=O)NCCCn1cc(C(=O)NC[C@H](NS(=O)(=O)c2c(C)cc(C)cc2C)C(C)=O)c(=O)c2ccc(CNCc3ncc[nH]3)cc21. The van der Waals surface area contributed by atoms with E-state index in [1.165, 1.54) is 19.2 Å². The van der Waals surface area contributed by atoms with Crippen LogP contribution in [0.25, 0.3) is 10.9 Å². The Kier molecular flexibility index (Phi) is 26.0. The van der Waals surface area contributed by atoms with Crippen LogP contribution in [0.2, 0.25) is 0 Å². The van der Waals surface area contributed by atoms with Crippen molar-refractivity contribution in [2.75, 3.05) is 97.4 Å². The number of carboxylic acids is 3. The molecule has 30 nitrogen and oxygen atoms in total. The summed E-state index contributed by atoms with van der Waals surface area (Å²) >= 11 is 0. The Bertz CT molecular complexity index is 3320. The van der Waals surface area contributed by atoms with E-state index in [4.69, 9.17) is 0 Å². The lowest BCUT2D eigenvalue weighted by atomic mass is 10.1. The number of hydrogen-bond acceptors (Lipinski definition) is 19. The lowest BCUT2D eigenvalue weighted by Crippen LogP contribution is -2.56. The molecular formula is C54H77N13O17S2. The highest BCUT2D eigenvalue weighted by atomic mass is 32.2. The summed E-state index contributed by atoms with van der Waals surface area (Å²) in [5, 5.41) is 41.9. The number of nitrogens with one attached hydrogen (secondary N) is 7. The summed E-state index contributed by atoms with van der Waals surface area (Å²) in [6.45, 7) is 7.11. The number of carboxylic acid groups (broad SMARTS) is 3. The number of imidazole rings is 1. The van der Waals surface area contributed by atoms with Gasteiger partial charge >= 0.3 is 17.9 Å². The van der Waals surface area contributed by atoms with Gasteiger partial charge in [0.2, 0.25) is 33.2 Å². The van der Waals surface area contributed by atoms with Gasteiger partial charge in [-0.05, 0) is 69.4 Å². The molecule has 4 amide bonds. The van der Waals surface area contributed by atoms with Crippen LogP contribution >= 0.6 is 0 Å². The number of carbonyl (C=O) groups excluding carboxylic acids is 5. The first kappa shape index (κ1) is 69.2. The van der Waals surface area contributed by atoms with Gasteiger partial charge in [0, 0.05) is 103 Å². The lowest BCUT2D eigenvalue weighted by molar-refractivity contribution is -0.140. The van der Waals surface area contributed by atoms with E-state index in [9.17, 15) is 79.9 Å². The van der Waals surface area contributed by atoms with Crippen molar-refractivity contribution in [3.63, 3.8) is 0 Å². The first-order chi connectivity index (χ1) is 40.5. The van der Waals surface area contributed by atoms with Crippen LogP contribution in [0.5, 0.6) is 0 Å². The second kappa shape index (κ2) is 32.3. The topological polar surface area (TPSA) is 422 Å². The third-order valence-corrected chi connectivity index (χ3v) is 16.5. The smallest absolute Gasteiger partial charge is 0.317 e. The maximum atomic E-state index is 14.1. The molecule has 0 radical (unpaired) electrons. The highest BCUT2D eigenvalue weighted by Gasteiger charge is 2.31. The zero-order valence-corrected chi connectivity index (χ0v) is 50.2. The number of ketones is 1. The predicted octanol–water partition coefficient (Wildman–Crippen LogP) is -2.15. The van der Waals surface area contributed by atoms with Crippen molar-refractivity contribution in [1.29, 1.82) is 0 Å². The summed E-state index contributed by atoms with van der Waals surface area (Å²) in [5.41, 5.74) is 1.75. The minimum atomic E-state index is -4.93. The standard InChI is InChI=1S/C54H77N13O17S2/c1-6-41(60-46(69)29-63-14-16-64(30-47(70)71)18-20-66(32-49(74)75)21-19-65(17-15-63)31-48(72)73)54(79)61-43(33-85(80,81)82)53(78)58-10-7-13-67-28-40(50(76)39-9-8-38(24-44(39)67)25-55-27-45-56-11-12-57-45)52(77)59-26-42(37(5)68)62-86(83,84)51-35(3)22-34(2)23-36(51)4/h8-9,11-12,22-24,28,41-43,55,62H,6-7,10,13-21,25-27,29-33H2,1-5H3,(H,56,57)(H,58,78)(H,59,77)(H,60,69)(H,61,79)(H,70,71)(H,72,73)(H,74,75)(H,80,81,82)/t41-,42-,43-/m0/s1. The van der Waals surface area contributed by atoms with E-state index in [2.05, 4.69) is 41.3 Å². The fraction of sp³-hybridized carbons (Fsp3) is 0.519. The minimum Gasteiger partial charge on any atom is -0.480 e. The average Bonchev–Trinajstić information content (AvgIpc) is 3.33. The Morgan fingerprint density at radius 2 is 1.27 bits per heavy atom. The molecule has 32 heteroatoms. The molecule has 0 unspecified atom stereocenters. The molecule has 86 heavy (non-hydrogen) atoms. The fourth-order valence-corrected chi connectivity index (χ4v) is 12.2. The van der Waals surface area contributed by atoms with Crippen LogP contribution < -0.4 is 36.7 Å². The molecule has 0 spiro atoms. The number of rotatable bonds is 30. The van der Waals surface area contributed by atoms with E-state index in [1.807, 2.05) is 6.92 Å². The molecule has 5 rings (SSSR count). The lowest BCUT2D eigenvalue weighted by Gasteiger charge is -2.33. The van der Waals surface area contributed by atoms with Crippen molar-refractivity contribution < 1.29 is 75.1 Å². The quantitative estimate of drug-likeness (QED) is 0.0196. The van der Waals surface area contributed by atoms with Gasteiger partial charge in [-0.15, -0.1) is 0 Å². The van der Waals surface area contributed by atoms with Crippen LogP contribution in [0.3, 0.4) is 0 Å². The van der Waals surface area contributed by atoms with E-state index in [-0.39, 0.29) is 107 Å². The Labute approximate surface area is 497 Å². The number of Topliss-reactive ketones (excluding diaryl/α,β-unsaturated/α-hetero) is 1. The van der Waals surface area contributed by atoms with Crippen molar-refractivity contribution in [2.45, 2.75) is 90.1 Å². The number of aliphatic carboxylic acids is 3. The first-order valence-corrected chi connectivity index (χ1v) is 30.7. The van der Waals surface area contributed by atoms with Gasteiger partial charge in [-0.2, -0.15) is 13.1 Å². The van der Waals surface area contributed by atoms with Crippen molar-refractivity contribution in [1.82, 2.24) is 65.4 Å². The summed E-state index contributed by atoms with van der Waals surface area (Å²) < 4.78 is 65.5. The number of sulfonamides is 1. The third kappa shape index (κ3) is 22.1. The van der Waals surface area contributed by atoms with Gasteiger partial charge in [0.1, 0.15) is 35.0 Å². The Morgan fingerprint density at radius 3 is 1.77 bits per heavy atom. The molecule has 472 valence electrons. The maximum absolute atomic E-state index is 14.1. The van der Waals surface area contributed by atoms with Crippen LogP contribution in [-0.4, -0.2) is 234 Å². The molecule has 4 aromatic rings. The van der Waals surface area contributed by atoms with Crippen molar-refractivity contribution in [3.05, 3.63) is 92.8 Å². The molecule has 0 saturated carbocycles. The second-order valence-corrected chi connectivity index (χ2v) is 24.2. The number of H-pyrrole nitrogens is 1.